The van der Waals surface area contributed by atoms with Crippen molar-refractivity contribution in [2.45, 2.75) is 32.2 Å². The number of alkyl halides is 3. The molecule has 0 aliphatic heterocycles. The highest BCUT2D eigenvalue weighted by Crippen LogP contribution is 2.31. The zero-order valence-corrected chi connectivity index (χ0v) is 10.3. The summed E-state index contributed by atoms with van der Waals surface area (Å²) in [5, 5.41) is 12.8. The molecule has 0 aliphatic rings. The Bertz CT molecular complexity index is 354. The zero-order chi connectivity index (χ0) is 11.9. The van der Waals surface area contributed by atoms with Gasteiger partial charge in [-0.15, -0.1) is 0 Å². The number of aromatic nitrogens is 2. The van der Waals surface area contributed by atoms with Crippen molar-refractivity contribution in [3.63, 3.8) is 0 Å². The van der Waals surface area contributed by atoms with Gasteiger partial charge in [0.15, 0.2) is 5.69 Å². The normalized spacial score (nSPS) is 13.3. The van der Waals surface area contributed by atoms with Crippen molar-refractivity contribution in [3.05, 3.63) is 15.5 Å². The Labute approximate surface area is 98.4 Å². The molecule has 0 saturated carbocycles. The SMILES string of the molecule is CC(C)(O)Cn1cc(I)c(C(F)(F)F)n1. The van der Waals surface area contributed by atoms with E-state index in [0.29, 0.717) is 0 Å². The van der Waals surface area contributed by atoms with Crippen LogP contribution in [0.4, 0.5) is 13.2 Å². The van der Waals surface area contributed by atoms with E-state index in [1.807, 2.05) is 0 Å². The predicted molar refractivity (Wildman–Crippen MR) is 56.2 cm³/mol. The van der Waals surface area contributed by atoms with E-state index in [-0.39, 0.29) is 10.1 Å². The third-order valence-corrected chi connectivity index (χ3v) is 2.32. The number of hydrogen-bond acceptors (Lipinski definition) is 2. The van der Waals surface area contributed by atoms with Gasteiger partial charge in [-0.2, -0.15) is 18.3 Å². The van der Waals surface area contributed by atoms with Gasteiger partial charge in [-0.05, 0) is 36.4 Å². The van der Waals surface area contributed by atoms with Crippen LogP contribution in [0.1, 0.15) is 19.5 Å². The topological polar surface area (TPSA) is 38.0 Å². The summed E-state index contributed by atoms with van der Waals surface area (Å²) in [4.78, 5) is 0. The Morgan fingerprint density at radius 1 is 1.47 bits per heavy atom. The molecule has 0 spiro atoms. The van der Waals surface area contributed by atoms with E-state index in [9.17, 15) is 18.3 Å². The van der Waals surface area contributed by atoms with E-state index < -0.39 is 17.5 Å². The first-order chi connectivity index (χ1) is 6.59. The molecule has 7 heteroatoms. The molecule has 0 aromatic carbocycles. The summed E-state index contributed by atoms with van der Waals surface area (Å²) in [7, 11) is 0. The molecule has 0 aliphatic carbocycles. The maximum atomic E-state index is 12.4. The monoisotopic (exact) mass is 334 g/mol. The van der Waals surface area contributed by atoms with Gasteiger partial charge in [-0.1, -0.05) is 0 Å². The Balaban J connectivity index is 2.97. The fourth-order valence-corrected chi connectivity index (χ4v) is 1.80. The van der Waals surface area contributed by atoms with Gasteiger partial charge in [0.05, 0.1) is 15.7 Å². The van der Waals surface area contributed by atoms with Crippen molar-refractivity contribution in [1.29, 1.82) is 0 Å². The molecule has 1 heterocycles. The van der Waals surface area contributed by atoms with Gasteiger partial charge in [0.2, 0.25) is 0 Å². The Morgan fingerprint density at radius 3 is 2.33 bits per heavy atom. The Morgan fingerprint density at radius 2 is 2.00 bits per heavy atom. The molecule has 15 heavy (non-hydrogen) atoms. The standard InChI is InChI=1S/C8H10F3IN2O/c1-7(2,15)4-14-3-5(12)6(13-14)8(9,10)11/h3,15H,4H2,1-2H3. The average Bonchev–Trinajstić information content (AvgIpc) is 2.25. The van der Waals surface area contributed by atoms with Crippen LogP contribution in [-0.2, 0) is 12.7 Å². The lowest BCUT2D eigenvalue weighted by molar-refractivity contribution is -0.142. The molecule has 1 N–H and O–H groups in total. The number of rotatable bonds is 2. The summed E-state index contributed by atoms with van der Waals surface area (Å²) in [6.45, 7) is 3.04. The minimum atomic E-state index is -4.44. The van der Waals surface area contributed by atoms with Crippen LogP contribution in [0.25, 0.3) is 0 Å². The first-order valence-electron chi connectivity index (χ1n) is 4.12. The molecular formula is C8H10F3IN2O. The van der Waals surface area contributed by atoms with Crippen LogP contribution in [0.5, 0.6) is 0 Å². The van der Waals surface area contributed by atoms with Crippen molar-refractivity contribution in [1.82, 2.24) is 9.78 Å². The molecule has 0 bridgehead atoms. The molecule has 0 fully saturated rings. The van der Waals surface area contributed by atoms with E-state index in [4.69, 9.17) is 0 Å². The molecule has 1 aromatic heterocycles. The van der Waals surface area contributed by atoms with Crippen LogP contribution in [-0.4, -0.2) is 20.5 Å². The Kier molecular flexibility index (Phi) is 3.34. The molecule has 1 rings (SSSR count). The van der Waals surface area contributed by atoms with Crippen LogP contribution in [0, 0.1) is 3.57 Å². The van der Waals surface area contributed by atoms with Crippen LogP contribution in [0.15, 0.2) is 6.20 Å². The summed E-state index contributed by atoms with van der Waals surface area (Å²) in [6.07, 6.45) is -3.18. The molecule has 0 radical (unpaired) electrons. The van der Waals surface area contributed by atoms with E-state index in [0.717, 1.165) is 4.68 Å². The second-order valence-electron chi connectivity index (χ2n) is 3.83. The zero-order valence-electron chi connectivity index (χ0n) is 8.14. The first-order valence-corrected chi connectivity index (χ1v) is 5.20. The fourth-order valence-electron chi connectivity index (χ4n) is 1.07. The third-order valence-electron chi connectivity index (χ3n) is 1.53. The fraction of sp³-hybridized carbons (Fsp3) is 0.625. The molecule has 86 valence electrons. The van der Waals surface area contributed by atoms with Crippen molar-refractivity contribution in [2.24, 2.45) is 0 Å². The quantitative estimate of drug-likeness (QED) is 0.843. The van der Waals surface area contributed by atoms with Gasteiger partial charge >= 0.3 is 6.18 Å². The summed E-state index contributed by atoms with van der Waals surface area (Å²) in [6, 6.07) is 0. The molecule has 0 atom stereocenters. The predicted octanol–water partition coefficient (Wildman–Crippen LogP) is 2.28. The first kappa shape index (κ1) is 12.8. The molecule has 0 unspecified atom stereocenters. The lowest BCUT2D eigenvalue weighted by Crippen LogP contribution is -2.26. The van der Waals surface area contributed by atoms with Gasteiger partial charge < -0.3 is 5.11 Å². The van der Waals surface area contributed by atoms with E-state index >= 15 is 0 Å². The smallest absolute Gasteiger partial charge is 0.389 e. The lowest BCUT2D eigenvalue weighted by atomic mass is 10.1. The number of halogens is 4. The lowest BCUT2D eigenvalue weighted by Gasteiger charge is -2.16. The number of hydrogen-bond donors (Lipinski definition) is 1. The van der Waals surface area contributed by atoms with Crippen LogP contribution in [0.2, 0.25) is 0 Å². The van der Waals surface area contributed by atoms with E-state index in [2.05, 4.69) is 5.10 Å². The third kappa shape index (κ3) is 3.63. The maximum absolute atomic E-state index is 12.4. The molecule has 3 nitrogen and oxygen atoms in total. The van der Waals surface area contributed by atoms with Gasteiger partial charge in [0.1, 0.15) is 0 Å². The van der Waals surface area contributed by atoms with Gasteiger partial charge in [-0.25, -0.2) is 0 Å². The molecular weight excluding hydrogens is 324 g/mol. The summed E-state index contributed by atoms with van der Waals surface area (Å²) >= 11 is 1.57. The van der Waals surface area contributed by atoms with Crippen molar-refractivity contribution in [2.75, 3.05) is 0 Å². The van der Waals surface area contributed by atoms with Crippen LogP contribution in [0.3, 0.4) is 0 Å². The van der Waals surface area contributed by atoms with Gasteiger partial charge in [0, 0.05) is 6.20 Å². The Hall–Kier alpha value is -0.310. The van der Waals surface area contributed by atoms with Gasteiger partial charge in [0.25, 0.3) is 0 Å². The molecule has 1 aromatic rings. The highest BCUT2D eigenvalue weighted by Gasteiger charge is 2.36. The highest BCUT2D eigenvalue weighted by molar-refractivity contribution is 14.1. The second-order valence-corrected chi connectivity index (χ2v) is 5.00. The molecule has 0 saturated heterocycles. The largest absolute Gasteiger partial charge is 0.436 e. The minimum absolute atomic E-state index is 0.0269. The van der Waals surface area contributed by atoms with E-state index in [1.165, 1.54) is 20.0 Å². The average molecular weight is 334 g/mol. The summed E-state index contributed by atoms with van der Waals surface area (Å²) in [5.74, 6) is 0. The van der Waals surface area contributed by atoms with Crippen LogP contribution >= 0.6 is 22.6 Å². The van der Waals surface area contributed by atoms with Crippen molar-refractivity contribution < 1.29 is 18.3 Å². The summed E-state index contributed by atoms with van der Waals surface area (Å²) in [5.41, 5.74) is -2.00. The maximum Gasteiger partial charge on any atom is 0.436 e. The second kappa shape index (κ2) is 3.93. The minimum Gasteiger partial charge on any atom is -0.389 e. The van der Waals surface area contributed by atoms with Crippen molar-refractivity contribution in [3.8, 4) is 0 Å². The highest BCUT2D eigenvalue weighted by atomic mass is 127. The summed E-state index contributed by atoms with van der Waals surface area (Å²) < 4.78 is 38.2. The molecule has 0 amide bonds. The van der Waals surface area contributed by atoms with Gasteiger partial charge in [-0.3, -0.25) is 4.68 Å². The van der Waals surface area contributed by atoms with Crippen LogP contribution < -0.4 is 0 Å². The number of aliphatic hydroxyl groups is 1. The van der Waals surface area contributed by atoms with Crippen molar-refractivity contribution >= 4 is 22.6 Å². The number of nitrogens with zero attached hydrogens (tertiary/aromatic N) is 2. The van der Waals surface area contributed by atoms with E-state index in [1.54, 1.807) is 22.6 Å².